The smallest absolute Gasteiger partial charge is 0.242 e. The van der Waals surface area contributed by atoms with Crippen molar-refractivity contribution in [2.24, 2.45) is 0 Å². The van der Waals surface area contributed by atoms with Crippen LogP contribution in [-0.4, -0.2) is 57.4 Å². The van der Waals surface area contributed by atoms with Crippen LogP contribution >= 0.6 is 23.5 Å². The zero-order valence-corrected chi connectivity index (χ0v) is 11.9. The first-order valence-electron chi connectivity index (χ1n) is 6.35. The first-order chi connectivity index (χ1) is 8.92. The molecule has 0 aromatic carbocycles. The van der Waals surface area contributed by atoms with Gasteiger partial charge in [0.1, 0.15) is 5.82 Å². The summed E-state index contributed by atoms with van der Waals surface area (Å²) in [5.41, 5.74) is 0. The van der Waals surface area contributed by atoms with Crippen molar-refractivity contribution in [1.82, 2.24) is 15.2 Å². The van der Waals surface area contributed by atoms with Crippen LogP contribution in [0.2, 0.25) is 0 Å². The summed E-state index contributed by atoms with van der Waals surface area (Å²) in [7, 11) is 0. The fourth-order valence-electron chi connectivity index (χ4n) is 2.15. The molecule has 0 bridgehead atoms. The maximum atomic E-state index is 5.36. The van der Waals surface area contributed by atoms with Crippen molar-refractivity contribution in [3.05, 3.63) is 5.82 Å². The Morgan fingerprint density at radius 1 is 1.44 bits per heavy atom. The Labute approximate surface area is 115 Å². The summed E-state index contributed by atoms with van der Waals surface area (Å²) in [6.07, 6.45) is 1.05. The maximum absolute atomic E-state index is 5.36. The van der Waals surface area contributed by atoms with Gasteiger partial charge in [-0.3, -0.25) is 5.10 Å². The minimum atomic E-state index is 0.396. The second kappa shape index (κ2) is 6.16. The zero-order chi connectivity index (χ0) is 12.2. The van der Waals surface area contributed by atoms with Gasteiger partial charge in [0.2, 0.25) is 5.95 Å². The number of anilines is 1. The molecule has 0 spiro atoms. The quantitative estimate of drug-likeness (QED) is 0.876. The number of ether oxygens (including phenoxy) is 1. The zero-order valence-electron chi connectivity index (χ0n) is 10.2. The Morgan fingerprint density at radius 2 is 2.44 bits per heavy atom. The number of aromatic amines is 1. The fourth-order valence-corrected chi connectivity index (χ4v) is 4.76. The van der Waals surface area contributed by atoms with Gasteiger partial charge in [-0.15, -0.1) is 5.10 Å². The lowest BCUT2D eigenvalue weighted by molar-refractivity contribution is 0.193. The predicted molar refractivity (Wildman–Crippen MR) is 76.6 cm³/mol. The van der Waals surface area contributed by atoms with Crippen molar-refractivity contribution in [3.8, 4) is 0 Å². The lowest BCUT2D eigenvalue weighted by Gasteiger charge is -2.20. The number of hydrogen-bond acceptors (Lipinski definition) is 6. The number of H-pyrrole nitrogens is 1. The molecule has 0 saturated carbocycles. The van der Waals surface area contributed by atoms with E-state index in [4.69, 9.17) is 4.74 Å². The van der Waals surface area contributed by atoms with E-state index in [-0.39, 0.29) is 0 Å². The molecule has 2 unspecified atom stereocenters. The minimum Gasteiger partial charge on any atom is -0.381 e. The highest BCUT2D eigenvalue weighted by Gasteiger charge is 2.21. The monoisotopic (exact) mass is 286 g/mol. The standard InChI is InChI=1S/C11H18N4OS2/c1-2-16-6-8(1)10-13-11(15-14-10)12-5-9-7-17-3-4-18-9/h8-9H,1-7H2,(H2,12,13,14,15). The number of rotatable bonds is 4. The number of thioether (sulfide) groups is 2. The summed E-state index contributed by atoms with van der Waals surface area (Å²) < 4.78 is 5.36. The Balaban J connectivity index is 1.50. The summed E-state index contributed by atoms with van der Waals surface area (Å²) in [6.45, 7) is 2.56. The van der Waals surface area contributed by atoms with Crippen molar-refractivity contribution < 1.29 is 4.74 Å². The molecule has 2 fully saturated rings. The molecule has 2 aliphatic rings. The third-order valence-electron chi connectivity index (χ3n) is 3.19. The third-order valence-corrected chi connectivity index (χ3v) is 6.04. The van der Waals surface area contributed by atoms with Crippen molar-refractivity contribution in [1.29, 1.82) is 0 Å². The Bertz CT molecular complexity index is 375. The molecule has 7 heteroatoms. The van der Waals surface area contributed by atoms with Crippen LogP contribution < -0.4 is 5.32 Å². The van der Waals surface area contributed by atoms with Crippen molar-refractivity contribution >= 4 is 29.5 Å². The van der Waals surface area contributed by atoms with Gasteiger partial charge in [-0.25, -0.2) is 0 Å². The molecule has 0 amide bonds. The second-order valence-electron chi connectivity index (χ2n) is 4.55. The first-order valence-corrected chi connectivity index (χ1v) is 8.55. The second-order valence-corrected chi connectivity index (χ2v) is 7.11. The largest absolute Gasteiger partial charge is 0.381 e. The molecule has 18 heavy (non-hydrogen) atoms. The highest BCUT2D eigenvalue weighted by molar-refractivity contribution is 8.06. The molecule has 0 radical (unpaired) electrons. The van der Waals surface area contributed by atoms with Gasteiger partial charge in [0.05, 0.1) is 6.61 Å². The molecule has 2 aliphatic heterocycles. The average molecular weight is 286 g/mol. The number of hydrogen-bond donors (Lipinski definition) is 2. The van der Waals surface area contributed by atoms with Gasteiger partial charge in [-0.1, -0.05) is 0 Å². The molecule has 2 atom stereocenters. The van der Waals surface area contributed by atoms with Gasteiger partial charge in [-0.05, 0) is 6.42 Å². The van der Waals surface area contributed by atoms with E-state index in [1.54, 1.807) is 0 Å². The third kappa shape index (κ3) is 3.13. The van der Waals surface area contributed by atoms with Gasteiger partial charge in [0.25, 0.3) is 0 Å². The van der Waals surface area contributed by atoms with E-state index < -0.39 is 0 Å². The number of nitrogens with one attached hydrogen (secondary N) is 2. The molecule has 1 aromatic heterocycles. The van der Waals surface area contributed by atoms with E-state index in [0.29, 0.717) is 11.2 Å². The van der Waals surface area contributed by atoms with E-state index >= 15 is 0 Å². The lowest BCUT2D eigenvalue weighted by atomic mass is 10.1. The molecule has 1 aromatic rings. The molecular weight excluding hydrogens is 268 g/mol. The molecule has 2 saturated heterocycles. The Morgan fingerprint density at radius 3 is 3.22 bits per heavy atom. The van der Waals surface area contributed by atoms with Crippen molar-refractivity contribution in [2.75, 3.05) is 42.3 Å². The normalized spacial score (nSPS) is 28.4. The maximum Gasteiger partial charge on any atom is 0.242 e. The first kappa shape index (κ1) is 12.6. The fraction of sp³-hybridized carbons (Fsp3) is 0.818. The highest BCUT2D eigenvalue weighted by atomic mass is 32.2. The van der Waals surface area contributed by atoms with Crippen LogP contribution in [0.4, 0.5) is 5.95 Å². The van der Waals surface area contributed by atoms with Crippen LogP contribution in [-0.2, 0) is 4.74 Å². The van der Waals surface area contributed by atoms with Crippen LogP contribution in [0.3, 0.4) is 0 Å². The van der Waals surface area contributed by atoms with Crippen LogP contribution in [0.1, 0.15) is 18.2 Å². The summed E-state index contributed by atoms with van der Waals surface area (Å²) in [5.74, 6) is 5.86. The van der Waals surface area contributed by atoms with Crippen molar-refractivity contribution in [3.63, 3.8) is 0 Å². The highest BCUT2D eigenvalue weighted by Crippen LogP contribution is 2.25. The molecule has 3 heterocycles. The topological polar surface area (TPSA) is 62.8 Å². The number of aromatic nitrogens is 3. The van der Waals surface area contributed by atoms with E-state index in [0.717, 1.165) is 38.0 Å². The van der Waals surface area contributed by atoms with Crippen LogP contribution in [0.15, 0.2) is 0 Å². The predicted octanol–water partition coefficient (Wildman–Crippen LogP) is 1.57. The van der Waals surface area contributed by atoms with Crippen LogP contribution in [0.5, 0.6) is 0 Å². The molecule has 5 nitrogen and oxygen atoms in total. The van der Waals surface area contributed by atoms with Crippen LogP contribution in [0.25, 0.3) is 0 Å². The Hall–Kier alpha value is -0.400. The van der Waals surface area contributed by atoms with E-state index in [1.807, 2.05) is 23.5 Å². The molecule has 0 aliphatic carbocycles. The molecule has 2 N–H and O–H groups in total. The van der Waals surface area contributed by atoms with E-state index in [1.165, 1.54) is 17.3 Å². The van der Waals surface area contributed by atoms with Crippen LogP contribution in [0, 0.1) is 0 Å². The van der Waals surface area contributed by atoms with Gasteiger partial charge < -0.3 is 10.1 Å². The van der Waals surface area contributed by atoms with Gasteiger partial charge >= 0.3 is 0 Å². The Kier molecular flexibility index (Phi) is 4.32. The number of nitrogens with zero attached hydrogens (tertiary/aromatic N) is 2. The lowest BCUT2D eigenvalue weighted by Crippen LogP contribution is -2.23. The summed E-state index contributed by atoms with van der Waals surface area (Å²) in [4.78, 5) is 4.50. The summed E-state index contributed by atoms with van der Waals surface area (Å²) in [5, 5.41) is 11.3. The minimum absolute atomic E-state index is 0.396. The van der Waals surface area contributed by atoms with Gasteiger partial charge in [0, 0.05) is 41.6 Å². The molecular formula is C11H18N4OS2. The molecule has 100 valence electrons. The summed E-state index contributed by atoms with van der Waals surface area (Å²) in [6, 6.07) is 0. The van der Waals surface area contributed by atoms with Gasteiger partial charge in [0.15, 0.2) is 0 Å². The average Bonchev–Trinajstić information content (AvgIpc) is 3.08. The van der Waals surface area contributed by atoms with E-state index in [2.05, 4.69) is 20.5 Å². The summed E-state index contributed by atoms with van der Waals surface area (Å²) >= 11 is 4.08. The van der Waals surface area contributed by atoms with E-state index in [9.17, 15) is 0 Å². The molecule has 3 rings (SSSR count). The van der Waals surface area contributed by atoms with Gasteiger partial charge in [-0.2, -0.15) is 28.5 Å². The SMILES string of the molecule is C1CC(c2nc(NCC3CSCCS3)n[nH]2)CO1. The van der Waals surface area contributed by atoms with Crippen molar-refractivity contribution in [2.45, 2.75) is 17.6 Å².